The number of rotatable bonds is 8. The summed E-state index contributed by atoms with van der Waals surface area (Å²) < 4.78 is 23.0. The molecule has 2 N–H and O–H groups in total. The van der Waals surface area contributed by atoms with Gasteiger partial charge >= 0.3 is 0 Å². The second kappa shape index (κ2) is 12.6. The zero-order chi connectivity index (χ0) is 20.6. The summed E-state index contributed by atoms with van der Waals surface area (Å²) >= 11 is 12.1. The van der Waals surface area contributed by atoms with Gasteiger partial charge in [0, 0.05) is 35.9 Å². The summed E-state index contributed by atoms with van der Waals surface area (Å²) in [5.74, 6) is 0.739. The van der Waals surface area contributed by atoms with Crippen molar-refractivity contribution in [2.45, 2.75) is 24.7 Å². The number of nitrogens with one attached hydrogen (secondary N) is 2. The Bertz CT molecular complexity index is 900. The van der Waals surface area contributed by atoms with Crippen LogP contribution in [0.1, 0.15) is 18.1 Å². The van der Waals surface area contributed by atoms with E-state index in [0.29, 0.717) is 28.0 Å². The monoisotopic (exact) mass is 569 g/mol. The fourth-order valence-electron chi connectivity index (χ4n) is 2.62. The Morgan fingerprint density at radius 2 is 1.59 bits per heavy atom. The zero-order valence-electron chi connectivity index (χ0n) is 16.4. The SMILES string of the molecule is CCNC(=NCCc1ccc(S(C)(=O)=O)cc1)NCCc1cc(Cl)cc(Cl)c1.I. The van der Waals surface area contributed by atoms with E-state index in [-0.39, 0.29) is 24.0 Å². The summed E-state index contributed by atoms with van der Waals surface area (Å²) in [6.45, 7) is 4.07. The first-order valence-corrected chi connectivity index (χ1v) is 11.7. The van der Waals surface area contributed by atoms with Crippen LogP contribution in [0.4, 0.5) is 0 Å². The minimum absolute atomic E-state index is 0. The van der Waals surface area contributed by atoms with E-state index < -0.39 is 9.84 Å². The molecule has 0 saturated carbocycles. The van der Waals surface area contributed by atoms with Crippen LogP contribution in [0.2, 0.25) is 10.0 Å². The van der Waals surface area contributed by atoms with E-state index >= 15 is 0 Å². The van der Waals surface area contributed by atoms with Gasteiger partial charge in [0.1, 0.15) is 0 Å². The summed E-state index contributed by atoms with van der Waals surface area (Å²) in [4.78, 5) is 4.90. The lowest BCUT2D eigenvalue weighted by Crippen LogP contribution is -2.38. The van der Waals surface area contributed by atoms with Crippen molar-refractivity contribution in [1.82, 2.24) is 10.6 Å². The van der Waals surface area contributed by atoms with Crippen molar-refractivity contribution < 1.29 is 8.42 Å². The highest BCUT2D eigenvalue weighted by molar-refractivity contribution is 14.0. The summed E-state index contributed by atoms with van der Waals surface area (Å²) in [5, 5.41) is 7.77. The van der Waals surface area contributed by atoms with Crippen LogP contribution >= 0.6 is 47.2 Å². The lowest BCUT2D eigenvalue weighted by Gasteiger charge is -2.11. The molecule has 0 aliphatic rings. The van der Waals surface area contributed by atoms with E-state index in [9.17, 15) is 8.42 Å². The fraction of sp³-hybridized carbons (Fsp3) is 0.350. The Kier molecular flexibility index (Phi) is 11.3. The molecule has 0 radical (unpaired) electrons. The molecule has 0 bridgehead atoms. The van der Waals surface area contributed by atoms with E-state index in [1.54, 1.807) is 18.2 Å². The Balaban J connectivity index is 0.00000420. The molecule has 0 fully saturated rings. The predicted molar refractivity (Wildman–Crippen MR) is 133 cm³/mol. The molecule has 9 heteroatoms. The fourth-order valence-corrected chi connectivity index (χ4v) is 3.82. The Morgan fingerprint density at radius 3 is 2.14 bits per heavy atom. The van der Waals surface area contributed by atoms with Crippen LogP contribution in [0.15, 0.2) is 52.4 Å². The highest BCUT2D eigenvalue weighted by atomic mass is 127. The molecule has 2 aromatic rings. The normalized spacial score (nSPS) is 11.7. The van der Waals surface area contributed by atoms with Gasteiger partial charge in [-0.3, -0.25) is 4.99 Å². The topological polar surface area (TPSA) is 70.6 Å². The Morgan fingerprint density at radius 1 is 0.966 bits per heavy atom. The van der Waals surface area contributed by atoms with Crippen molar-refractivity contribution in [2.24, 2.45) is 4.99 Å². The Labute approximate surface area is 200 Å². The highest BCUT2D eigenvalue weighted by Crippen LogP contribution is 2.19. The number of guanidine groups is 1. The summed E-state index contributed by atoms with van der Waals surface area (Å²) in [6.07, 6.45) is 2.71. The van der Waals surface area contributed by atoms with Gasteiger partial charge in [-0.05, 0) is 61.2 Å². The molecule has 0 aliphatic heterocycles. The average Bonchev–Trinajstić information content (AvgIpc) is 2.60. The molecule has 0 spiro atoms. The third-order valence-electron chi connectivity index (χ3n) is 3.99. The third kappa shape index (κ3) is 9.55. The van der Waals surface area contributed by atoms with E-state index in [2.05, 4.69) is 15.6 Å². The van der Waals surface area contributed by atoms with Crippen LogP contribution < -0.4 is 10.6 Å². The molecular weight excluding hydrogens is 544 g/mol. The molecule has 2 aromatic carbocycles. The molecule has 160 valence electrons. The van der Waals surface area contributed by atoms with Gasteiger partial charge in [0.15, 0.2) is 15.8 Å². The number of sulfone groups is 1. The van der Waals surface area contributed by atoms with Crippen molar-refractivity contribution in [3.63, 3.8) is 0 Å². The van der Waals surface area contributed by atoms with Crippen molar-refractivity contribution in [2.75, 3.05) is 25.9 Å². The maximum atomic E-state index is 11.5. The Hall–Kier alpha value is -1.03. The zero-order valence-corrected chi connectivity index (χ0v) is 21.1. The largest absolute Gasteiger partial charge is 0.357 e. The quantitative estimate of drug-likeness (QED) is 0.282. The van der Waals surface area contributed by atoms with Gasteiger partial charge in [-0.15, -0.1) is 24.0 Å². The smallest absolute Gasteiger partial charge is 0.191 e. The molecule has 0 saturated heterocycles. The van der Waals surface area contributed by atoms with Crippen molar-refractivity contribution in [3.05, 3.63) is 63.6 Å². The van der Waals surface area contributed by atoms with Crippen LogP contribution in [-0.2, 0) is 22.7 Å². The van der Waals surface area contributed by atoms with E-state index in [1.807, 2.05) is 31.2 Å². The molecule has 5 nitrogen and oxygen atoms in total. The minimum atomic E-state index is -3.16. The number of hydrogen-bond donors (Lipinski definition) is 2. The van der Waals surface area contributed by atoms with Crippen LogP contribution in [0.3, 0.4) is 0 Å². The van der Waals surface area contributed by atoms with Crippen LogP contribution in [-0.4, -0.2) is 40.3 Å². The first-order valence-electron chi connectivity index (χ1n) is 9.04. The van der Waals surface area contributed by atoms with Gasteiger partial charge in [0.05, 0.1) is 4.90 Å². The molecule has 0 heterocycles. The molecule has 0 amide bonds. The van der Waals surface area contributed by atoms with E-state index in [0.717, 1.165) is 36.5 Å². The third-order valence-corrected chi connectivity index (χ3v) is 5.56. The molecule has 2 rings (SSSR count). The highest BCUT2D eigenvalue weighted by Gasteiger charge is 2.06. The molecule has 0 aliphatic carbocycles. The van der Waals surface area contributed by atoms with Crippen LogP contribution in [0.5, 0.6) is 0 Å². The number of aliphatic imine (C=N–C) groups is 1. The minimum Gasteiger partial charge on any atom is -0.357 e. The lowest BCUT2D eigenvalue weighted by molar-refractivity contribution is 0.602. The predicted octanol–water partition coefficient (Wildman–Crippen LogP) is 4.36. The van der Waals surface area contributed by atoms with Crippen molar-refractivity contribution in [1.29, 1.82) is 0 Å². The number of benzene rings is 2. The first-order chi connectivity index (χ1) is 13.3. The summed E-state index contributed by atoms with van der Waals surface area (Å²) in [6, 6.07) is 12.4. The first kappa shape index (κ1) is 26.0. The van der Waals surface area contributed by atoms with Crippen LogP contribution in [0.25, 0.3) is 0 Å². The number of halogens is 3. The van der Waals surface area contributed by atoms with Crippen molar-refractivity contribution in [3.8, 4) is 0 Å². The summed E-state index contributed by atoms with van der Waals surface area (Å²) in [7, 11) is -3.16. The second-order valence-corrected chi connectivity index (χ2v) is 9.27. The van der Waals surface area contributed by atoms with Crippen LogP contribution in [0, 0.1) is 0 Å². The lowest BCUT2D eigenvalue weighted by atomic mass is 10.1. The number of hydrogen-bond acceptors (Lipinski definition) is 3. The molecule has 29 heavy (non-hydrogen) atoms. The molecular formula is C20H26Cl2IN3O2S. The number of nitrogens with zero attached hydrogens (tertiary/aromatic N) is 1. The van der Waals surface area contributed by atoms with Gasteiger partial charge < -0.3 is 10.6 Å². The van der Waals surface area contributed by atoms with Crippen molar-refractivity contribution >= 4 is 63.0 Å². The van der Waals surface area contributed by atoms with Gasteiger partial charge in [-0.2, -0.15) is 0 Å². The summed E-state index contributed by atoms with van der Waals surface area (Å²) in [5.41, 5.74) is 2.10. The maximum Gasteiger partial charge on any atom is 0.191 e. The molecule has 0 unspecified atom stereocenters. The van der Waals surface area contributed by atoms with E-state index in [4.69, 9.17) is 23.2 Å². The second-order valence-electron chi connectivity index (χ2n) is 6.38. The molecule has 0 atom stereocenters. The molecule has 0 aromatic heterocycles. The maximum absolute atomic E-state index is 11.5. The van der Waals surface area contributed by atoms with E-state index in [1.165, 1.54) is 6.26 Å². The van der Waals surface area contributed by atoms with Gasteiger partial charge in [0.25, 0.3) is 0 Å². The standard InChI is InChI=1S/C20H25Cl2N3O2S.HI/c1-3-23-20(25-11-9-16-12-17(21)14-18(22)13-16)24-10-8-15-4-6-19(7-5-15)28(2,26)27;/h4-7,12-14H,3,8-11H2,1-2H3,(H2,23,24,25);1H. The average molecular weight is 570 g/mol. The van der Waals surface area contributed by atoms with Gasteiger partial charge in [0.2, 0.25) is 0 Å². The van der Waals surface area contributed by atoms with Gasteiger partial charge in [-0.25, -0.2) is 8.42 Å². The van der Waals surface area contributed by atoms with Gasteiger partial charge in [-0.1, -0.05) is 35.3 Å².